The molecule has 0 bridgehead atoms. The molecule has 0 aliphatic heterocycles. The molecule has 0 unspecified atom stereocenters. The molecular formula is C2H2AgN2OS+. The third kappa shape index (κ3) is 2.13. The maximum absolute atomic E-state index is 4.28. The van der Waals surface area contributed by atoms with Crippen molar-refractivity contribution >= 4 is 12.6 Å². The van der Waals surface area contributed by atoms with Gasteiger partial charge in [-0.25, -0.2) is 0 Å². The van der Waals surface area contributed by atoms with Crippen molar-refractivity contribution in [2.24, 2.45) is 0 Å². The van der Waals surface area contributed by atoms with Crippen molar-refractivity contribution < 1.29 is 26.9 Å². The molecule has 42 valence electrons. The van der Waals surface area contributed by atoms with E-state index in [2.05, 4.69) is 27.5 Å². The van der Waals surface area contributed by atoms with E-state index in [-0.39, 0.29) is 22.4 Å². The van der Waals surface area contributed by atoms with Crippen LogP contribution in [-0.4, -0.2) is 10.4 Å². The van der Waals surface area contributed by atoms with E-state index in [1.807, 2.05) is 0 Å². The minimum absolute atomic E-state index is 0. The van der Waals surface area contributed by atoms with E-state index in [1.54, 1.807) is 0 Å². The Morgan fingerprint density at radius 2 is 2.43 bits per heavy atom. The fourth-order valence-electron chi connectivity index (χ4n) is 0.160. The molecular weight excluding hydrogens is 208 g/mol. The SMILES string of the molecule is Sc1conn1.[Ag+]. The summed E-state index contributed by atoms with van der Waals surface area (Å²) in [4.78, 5) is 0. The zero-order valence-electron chi connectivity index (χ0n) is 3.13. The van der Waals surface area contributed by atoms with Crippen molar-refractivity contribution in [2.75, 3.05) is 0 Å². The van der Waals surface area contributed by atoms with Gasteiger partial charge in [0.25, 0.3) is 0 Å². The Bertz CT molecular complexity index is 119. The molecule has 1 rings (SSSR count). The Balaban J connectivity index is 0.000000360. The molecule has 0 saturated heterocycles. The fraction of sp³-hybridized carbons (Fsp3) is 0. The van der Waals surface area contributed by atoms with Gasteiger partial charge in [-0.3, -0.25) is 0 Å². The van der Waals surface area contributed by atoms with E-state index in [0.29, 0.717) is 5.03 Å². The van der Waals surface area contributed by atoms with E-state index in [0.717, 1.165) is 0 Å². The van der Waals surface area contributed by atoms with Gasteiger partial charge in [-0.2, -0.15) is 0 Å². The van der Waals surface area contributed by atoms with Crippen LogP contribution in [0.5, 0.6) is 0 Å². The second kappa shape index (κ2) is 3.26. The van der Waals surface area contributed by atoms with Crippen molar-refractivity contribution in [3.63, 3.8) is 0 Å². The van der Waals surface area contributed by atoms with Crippen LogP contribution >= 0.6 is 12.6 Å². The molecule has 5 heteroatoms. The van der Waals surface area contributed by atoms with Gasteiger partial charge in [-0.1, -0.05) is 0 Å². The first-order valence-corrected chi connectivity index (χ1v) is 1.80. The molecule has 0 aliphatic rings. The van der Waals surface area contributed by atoms with Crippen molar-refractivity contribution in [2.45, 2.75) is 5.03 Å². The van der Waals surface area contributed by atoms with E-state index >= 15 is 0 Å². The Hall–Kier alpha value is 0.230. The first kappa shape index (κ1) is 7.23. The summed E-state index contributed by atoms with van der Waals surface area (Å²) >= 11 is 3.77. The molecule has 1 aromatic rings. The summed E-state index contributed by atoms with van der Waals surface area (Å²) in [5.41, 5.74) is 0. The van der Waals surface area contributed by atoms with Gasteiger partial charge in [0.2, 0.25) is 0 Å². The summed E-state index contributed by atoms with van der Waals surface area (Å²) in [5, 5.41) is 6.99. The van der Waals surface area contributed by atoms with Crippen molar-refractivity contribution in [1.29, 1.82) is 0 Å². The van der Waals surface area contributed by atoms with E-state index < -0.39 is 0 Å². The van der Waals surface area contributed by atoms with E-state index in [9.17, 15) is 0 Å². The van der Waals surface area contributed by atoms with Gasteiger partial charge in [-0.05, 0) is 0 Å². The van der Waals surface area contributed by atoms with Crippen molar-refractivity contribution in [3.05, 3.63) is 6.26 Å². The Morgan fingerprint density at radius 1 is 1.71 bits per heavy atom. The van der Waals surface area contributed by atoms with Gasteiger partial charge in [0, 0.05) is 5.27 Å². The Morgan fingerprint density at radius 3 is 2.57 bits per heavy atom. The van der Waals surface area contributed by atoms with Crippen LogP contribution in [0.4, 0.5) is 0 Å². The predicted molar refractivity (Wildman–Crippen MR) is 21.5 cm³/mol. The molecule has 0 aliphatic carbocycles. The zero-order chi connectivity index (χ0) is 4.41. The summed E-state index contributed by atoms with van der Waals surface area (Å²) in [6.07, 6.45) is 1.35. The quantitative estimate of drug-likeness (QED) is 0.496. The first-order chi connectivity index (χ1) is 2.89. The summed E-state index contributed by atoms with van der Waals surface area (Å²) in [6.45, 7) is 0. The molecule has 0 radical (unpaired) electrons. The topological polar surface area (TPSA) is 38.9 Å². The molecule has 0 amide bonds. The number of nitrogens with zero attached hydrogens (tertiary/aromatic N) is 2. The van der Waals surface area contributed by atoms with Crippen LogP contribution < -0.4 is 0 Å². The maximum atomic E-state index is 4.28. The van der Waals surface area contributed by atoms with Crippen LogP contribution in [0.2, 0.25) is 0 Å². The van der Waals surface area contributed by atoms with E-state index in [4.69, 9.17) is 0 Å². The van der Waals surface area contributed by atoms with Crippen LogP contribution in [0, 0.1) is 0 Å². The summed E-state index contributed by atoms with van der Waals surface area (Å²) in [7, 11) is 0. The fourth-order valence-corrected chi connectivity index (χ4v) is 0.243. The van der Waals surface area contributed by atoms with Gasteiger partial charge in [0.15, 0.2) is 11.3 Å². The third-order valence-electron chi connectivity index (χ3n) is 0.349. The van der Waals surface area contributed by atoms with Gasteiger partial charge < -0.3 is 4.52 Å². The smallest absolute Gasteiger partial charge is 0.344 e. The van der Waals surface area contributed by atoms with Crippen LogP contribution in [0.25, 0.3) is 0 Å². The Kier molecular flexibility index (Phi) is 3.37. The third-order valence-corrected chi connectivity index (χ3v) is 0.543. The summed E-state index contributed by atoms with van der Waals surface area (Å²) < 4.78 is 4.28. The molecule has 0 saturated carbocycles. The second-order valence-electron chi connectivity index (χ2n) is 0.763. The van der Waals surface area contributed by atoms with Gasteiger partial charge >= 0.3 is 22.4 Å². The Labute approximate surface area is 61.4 Å². The monoisotopic (exact) mass is 209 g/mol. The largest absolute Gasteiger partial charge is 1.00 e. The molecule has 7 heavy (non-hydrogen) atoms. The van der Waals surface area contributed by atoms with Gasteiger partial charge in [-0.15, -0.1) is 17.7 Å². The van der Waals surface area contributed by atoms with Gasteiger partial charge in [0.05, 0.1) is 0 Å². The minimum atomic E-state index is 0. The van der Waals surface area contributed by atoms with Crippen molar-refractivity contribution in [1.82, 2.24) is 10.4 Å². The molecule has 0 N–H and O–H groups in total. The number of aromatic nitrogens is 2. The number of thiol groups is 1. The average molecular weight is 210 g/mol. The second-order valence-corrected chi connectivity index (χ2v) is 1.22. The minimum Gasteiger partial charge on any atom is -0.344 e. The van der Waals surface area contributed by atoms with E-state index in [1.165, 1.54) is 6.26 Å². The zero-order valence-corrected chi connectivity index (χ0v) is 5.51. The van der Waals surface area contributed by atoms with Gasteiger partial charge in [0.1, 0.15) is 0 Å². The number of hydrogen-bond acceptors (Lipinski definition) is 4. The van der Waals surface area contributed by atoms with Crippen LogP contribution in [0.15, 0.2) is 15.8 Å². The number of hydrogen-bond donors (Lipinski definition) is 1. The molecule has 1 heterocycles. The standard InChI is InChI=1S/C2H2N2OS.Ag/c6-2-1-5-4-3-2;/h1,6H;/q;+1. The van der Waals surface area contributed by atoms with Crippen LogP contribution in [0.1, 0.15) is 0 Å². The normalized spacial score (nSPS) is 7.57. The molecule has 0 atom stereocenters. The maximum Gasteiger partial charge on any atom is 1.00 e. The average Bonchev–Trinajstić information content (AvgIpc) is 1.86. The predicted octanol–water partition coefficient (Wildman–Crippen LogP) is 0.356. The molecule has 1 aromatic heterocycles. The molecule has 3 nitrogen and oxygen atoms in total. The molecule has 0 spiro atoms. The summed E-state index contributed by atoms with van der Waals surface area (Å²) in [5.74, 6) is 0. The van der Waals surface area contributed by atoms with Crippen LogP contribution in [0.3, 0.4) is 0 Å². The van der Waals surface area contributed by atoms with Crippen LogP contribution in [-0.2, 0) is 22.4 Å². The molecule has 0 aromatic carbocycles. The first-order valence-electron chi connectivity index (χ1n) is 1.35. The number of rotatable bonds is 0. The molecule has 0 fully saturated rings. The summed E-state index contributed by atoms with van der Waals surface area (Å²) in [6, 6.07) is 0. The van der Waals surface area contributed by atoms with Crippen molar-refractivity contribution in [3.8, 4) is 0 Å².